The molecule has 4 rings (SSSR count). The third-order valence-corrected chi connectivity index (χ3v) is 5.99. The molecule has 0 unspecified atom stereocenters. The van der Waals surface area contributed by atoms with Crippen molar-refractivity contribution in [1.82, 2.24) is 15.2 Å². The fourth-order valence-electron chi connectivity index (χ4n) is 4.07. The minimum Gasteiger partial charge on any atom is -0.367 e. The second-order valence-electron chi connectivity index (χ2n) is 7.54. The van der Waals surface area contributed by atoms with Crippen molar-refractivity contribution in [3.63, 3.8) is 0 Å². The Balaban J connectivity index is 1.32. The second-order valence-corrected chi connectivity index (χ2v) is 7.95. The Kier molecular flexibility index (Phi) is 6.39. The number of hydrogen-bond donors (Lipinski definition) is 1. The van der Waals surface area contributed by atoms with Crippen LogP contribution in [0.4, 0.5) is 11.5 Å². The number of rotatable bonds is 4. The molecule has 29 heavy (non-hydrogen) atoms. The molecule has 7 heteroatoms. The number of piperazine rings is 1. The Labute approximate surface area is 178 Å². The van der Waals surface area contributed by atoms with E-state index in [9.17, 15) is 0 Å². The van der Waals surface area contributed by atoms with Gasteiger partial charge in [0.05, 0.1) is 10.7 Å². The molecule has 0 spiro atoms. The molecular weight excluding hydrogens is 384 g/mol. The number of halogens is 1. The van der Waals surface area contributed by atoms with E-state index in [2.05, 4.69) is 48.2 Å². The molecule has 1 aromatic carbocycles. The Morgan fingerprint density at radius 3 is 2.52 bits per heavy atom. The first-order valence-electron chi connectivity index (χ1n) is 10.4. The van der Waals surface area contributed by atoms with Crippen LogP contribution in [0.25, 0.3) is 0 Å². The maximum atomic E-state index is 6.36. The highest BCUT2D eigenvalue weighted by Crippen LogP contribution is 2.26. The minimum atomic E-state index is 0.751. The monoisotopic (exact) mass is 412 g/mol. The van der Waals surface area contributed by atoms with Crippen LogP contribution in [0, 0.1) is 0 Å². The molecule has 3 heterocycles. The highest BCUT2D eigenvalue weighted by atomic mass is 35.5. The molecule has 0 radical (unpaired) electrons. The van der Waals surface area contributed by atoms with Crippen LogP contribution in [0.3, 0.4) is 0 Å². The van der Waals surface area contributed by atoms with E-state index in [-0.39, 0.29) is 0 Å². The fraction of sp³-hybridized carbons (Fsp3) is 0.455. The summed E-state index contributed by atoms with van der Waals surface area (Å²) < 4.78 is 0. The molecule has 154 valence electrons. The summed E-state index contributed by atoms with van der Waals surface area (Å²) in [4.78, 5) is 16.1. The lowest BCUT2D eigenvalue weighted by molar-refractivity contribution is 0.372. The maximum Gasteiger partial charge on any atom is 0.194 e. The van der Waals surface area contributed by atoms with Gasteiger partial charge in [0.15, 0.2) is 5.96 Å². The summed E-state index contributed by atoms with van der Waals surface area (Å²) in [6.45, 7) is 6.67. The lowest BCUT2D eigenvalue weighted by Crippen LogP contribution is -2.52. The normalized spacial score (nSPS) is 17.7. The average Bonchev–Trinajstić information content (AvgIpc) is 3.30. The molecule has 0 amide bonds. The van der Waals surface area contributed by atoms with Crippen molar-refractivity contribution in [2.24, 2.45) is 4.99 Å². The van der Waals surface area contributed by atoms with Crippen LogP contribution in [0.5, 0.6) is 0 Å². The Hall–Kier alpha value is -2.47. The van der Waals surface area contributed by atoms with Crippen LogP contribution in [0.1, 0.15) is 18.4 Å². The second kappa shape index (κ2) is 9.35. The van der Waals surface area contributed by atoms with Gasteiger partial charge in [0.2, 0.25) is 0 Å². The number of benzene rings is 1. The molecule has 1 aromatic heterocycles. The van der Waals surface area contributed by atoms with Crippen LogP contribution in [-0.4, -0.2) is 62.2 Å². The first-order chi connectivity index (χ1) is 14.2. The Bertz CT molecular complexity index is 841. The van der Waals surface area contributed by atoms with Gasteiger partial charge in [-0.05, 0) is 42.7 Å². The van der Waals surface area contributed by atoms with E-state index in [0.717, 1.165) is 68.3 Å². The molecule has 2 aliphatic heterocycles. The lowest BCUT2D eigenvalue weighted by Gasteiger charge is -2.38. The quantitative estimate of drug-likeness (QED) is 0.617. The number of pyridine rings is 1. The zero-order valence-electron chi connectivity index (χ0n) is 17.0. The first-order valence-corrected chi connectivity index (χ1v) is 10.8. The van der Waals surface area contributed by atoms with Gasteiger partial charge < -0.3 is 20.0 Å². The summed E-state index contributed by atoms with van der Waals surface area (Å²) in [7, 11) is 1.85. The number of nitrogens with one attached hydrogen (secondary N) is 1. The zero-order chi connectivity index (χ0) is 20.1. The summed E-state index contributed by atoms with van der Waals surface area (Å²) in [6, 6.07) is 12.3. The minimum absolute atomic E-state index is 0.751. The highest BCUT2D eigenvalue weighted by molar-refractivity contribution is 6.33. The Morgan fingerprint density at radius 2 is 1.79 bits per heavy atom. The molecule has 2 aromatic rings. The molecule has 0 bridgehead atoms. The van der Waals surface area contributed by atoms with Crippen molar-refractivity contribution >= 4 is 29.1 Å². The number of para-hydroxylation sites is 1. The standard InChI is InChI=1S/C22H29ClN6/c1-24-22(26-17-18-8-9-25-21(16-18)28-10-4-5-11-28)29-14-12-27(13-15-29)20-7-3-2-6-19(20)23/h2-3,6-9,16H,4-5,10-15,17H2,1H3,(H,24,26). The van der Waals surface area contributed by atoms with Gasteiger partial charge in [-0.25, -0.2) is 4.98 Å². The van der Waals surface area contributed by atoms with Crippen molar-refractivity contribution in [3.8, 4) is 0 Å². The number of nitrogens with zero attached hydrogens (tertiary/aromatic N) is 5. The molecular formula is C22H29ClN6. The average molecular weight is 413 g/mol. The van der Waals surface area contributed by atoms with E-state index in [1.165, 1.54) is 18.4 Å². The summed E-state index contributed by atoms with van der Waals surface area (Å²) in [6.07, 6.45) is 4.43. The lowest BCUT2D eigenvalue weighted by atomic mass is 10.2. The van der Waals surface area contributed by atoms with Gasteiger partial charge in [0.25, 0.3) is 0 Å². The van der Waals surface area contributed by atoms with E-state index in [0.29, 0.717) is 0 Å². The van der Waals surface area contributed by atoms with Crippen molar-refractivity contribution < 1.29 is 0 Å². The Morgan fingerprint density at radius 1 is 1.03 bits per heavy atom. The summed E-state index contributed by atoms with van der Waals surface area (Å²) >= 11 is 6.36. The van der Waals surface area contributed by atoms with Crippen LogP contribution in [-0.2, 0) is 6.54 Å². The van der Waals surface area contributed by atoms with Gasteiger partial charge in [0.1, 0.15) is 5.82 Å². The number of hydrogen-bond acceptors (Lipinski definition) is 4. The highest BCUT2D eigenvalue weighted by Gasteiger charge is 2.21. The SMILES string of the molecule is CN=C(NCc1ccnc(N2CCCC2)c1)N1CCN(c2ccccc2Cl)CC1. The van der Waals surface area contributed by atoms with Gasteiger partial charge >= 0.3 is 0 Å². The van der Waals surface area contributed by atoms with E-state index < -0.39 is 0 Å². The predicted molar refractivity (Wildman–Crippen MR) is 121 cm³/mol. The molecule has 0 aliphatic carbocycles. The molecule has 6 nitrogen and oxygen atoms in total. The van der Waals surface area contributed by atoms with Crippen LogP contribution in [0.15, 0.2) is 47.6 Å². The van der Waals surface area contributed by atoms with Crippen molar-refractivity contribution in [3.05, 3.63) is 53.2 Å². The molecule has 2 saturated heterocycles. The van der Waals surface area contributed by atoms with E-state index in [4.69, 9.17) is 11.6 Å². The van der Waals surface area contributed by atoms with Gasteiger partial charge in [-0.1, -0.05) is 23.7 Å². The third-order valence-electron chi connectivity index (χ3n) is 5.67. The molecule has 1 N–H and O–H groups in total. The van der Waals surface area contributed by atoms with Gasteiger partial charge in [0, 0.05) is 59.1 Å². The predicted octanol–water partition coefficient (Wildman–Crippen LogP) is 3.23. The molecule has 2 fully saturated rings. The maximum absolute atomic E-state index is 6.36. The van der Waals surface area contributed by atoms with Gasteiger partial charge in [-0.2, -0.15) is 0 Å². The van der Waals surface area contributed by atoms with Crippen molar-refractivity contribution in [1.29, 1.82) is 0 Å². The van der Waals surface area contributed by atoms with E-state index in [1.807, 2.05) is 31.4 Å². The van der Waals surface area contributed by atoms with Crippen LogP contribution in [0.2, 0.25) is 5.02 Å². The zero-order valence-corrected chi connectivity index (χ0v) is 17.8. The summed E-state index contributed by atoms with van der Waals surface area (Å²) in [5.41, 5.74) is 2.35. The number of aliphatic imine (C=N–C) groups is 1. The summed E-state index contributed by atoms with van der Waals surface area (Å²) in [5, 5.41) is 4.34. The van der Waals surface area contributed by atoms with Crippen LogP contribution < -0.4 is 15.1 Å². The van der Waals surface area contributed by atoms with Crippen molar-refractivity contribution in [2.75, 3.05) is 56.1 Å². The van der Waals surface area contributed by atoms with Crippen LogP contribution >= 0.6 is 11.6 Å². The smallest absolute Gasteiger partial charge is 0.194 e. The third kappa shape index (κ3) is 4.75. The fourth-order valence-corrected chi connectivity index (χ4v) is 4.33. The molecule has 0 saturated carbocycles. The molecule has 0 atom stereocenters. The first kappa shape index (κ1) is 19.8. The van der Waals surface area contributed by atoms with Gasteiger partial charge in [-0.3, -0.25) is 4.99 Å². The summed E-state index contributed by atoms with van der Waals surface area (Å²) in [5.74, 6) is 2.04. The number of guanidine groups is 1. The van der Waals surface area contributed by atoms with Gasteiger partial charge in [-0.15, -0.1) is 0 Å². The van der Waals surface area contributed by atoms with E-state index in [1.54, 1.807) is 0 Å². The van der Waals surface area contributed by atoms with Crippen molar-refractivity contribution in [2.45, 2.75) is 19.4 Å². The number of aromatic nitrogens is 1. The topological polar surface area (TPSA) is 47.0 Å². The largest absolute Gasteiger partial charge is 0.367 e. The van der Waals surface area contributed by atoms with E-state index >= 15 is 0 Å². The molecule has 2 aliphatic rings. The number of anilines is 2.